The van der Waals surface area contributed by atoms with Crippen LogP contribution < -0.4 is 0 Å². The van der Waals surface area contributed by atoms with Gasteiger partial charge in [0.2, 0.25) is 0 Å². The molecule has 1 aliphatic heterocycles. The Morgan fingerprint density at radius 3 is 2.58 bits per heavy atom. The number of carboxylic acid groups (broad SMARTS) is 1. The van der Waals surface area contributed by atoms with Gasteiger partial charge in [-0.1, -0.05) is 0 Å². The first-order chi connectivity index (χ1) is 8.76. The average molecular weight is 300 g/mol. The molecule has 19 heavy (non-hydrogen) atoms. The minimum atomic E-state index is -4.49. The fourth-order valence-corrected chi connectivity index (χ4v) is 2.79. The first-order valence-electron chi connectivity index (χ1n) is 5.69. The minimum Gasteiger partial charge on any atom is -0.480 e. The number of thioether (sulfide) groups is 1. The van der Waals surface area contributed by atoms with E-state index in [0.29, 0.717) is 10.7 Å². The zero-order valence-electron chi connectivity index (χ0n) is 10.3. The Bertz CT molecular complexity index is 351. The maximum Gasteiger partial charge on any atom is 0.406 e. The lowest BCUT2D eigenvalue weighted by Gasteiger charge is -2.36. The molecule has 2 amide bonds. The summed E-state index contributed by atoms with van der Waals surface area (Å²) in [5, 5.41) is 9.00. The Balaban J connectivity index is 2.79. The first kappa shape index (κ1) is 15.9. The van der Waals surface area contributed by atoms with Crippen molar-refractivity contribution < 1.29 is 27.9 Å². The molecule has 1 heterocycles. The summed E-state index contributed by atoms with van der Waals surface area (Å²) >= 11 is 1.37. The molecule has 1 saturated heterocycles. The van der Waals surface area contributed by atoms with E-state index in [2.05, 4.69) is 0 Å². The number of carbonyl (C=O) groups excluding carboxylic acids is 1. The maximum absolute atomic E-state index is 12.3. The predicted octanol–water partition coefficient (Wildman–Crippen LogP) is 1.49. The summed E-state index contributed by atoms with van der Waals surface area (Å²) in [4.78, 5) is 24.6. The van der Waals surface area contributed by atoms with Crippen LogP contribution >= 0.6 is 11.8 Å². The molecule has 0 spiro atoms. The third-order valence-corrected chi connectivity index (χ3v) is 3.70. The Morgan fingerprint density at radius 2 is 2.11 bits per heavy atom. The van der Waals surface area contributed by atoms with Crippen molar-refractivity contribution in [1.82, 2.24) is 9.80 Å². The summed E-state index contributed by atoms with van der Waals surface area (Å²) < 4.78 is 37.0. The molecule has 5 nitrogen and oxygen atoms in total. The molecule has 9 heteroatoms. The minimum absolute atomic E-state index is 0.117. The molecule has 0 saturated carbocycles. The van der Waals surface area contributed by atoms with Crippen molar-refractivity contribution in [2.24, 2.45) is 0 Å². The zero-order chi connectivity index (χ0) is 14.6. The topological polar surface area (TPSA) is 60.9 Å². The monoisotopic (exact) mass is 300 g/mol. The van der Waals surface area contributed by atoms with Gasteiger partial charge < -0.3 is 14.9 Å². The van der Waals surface area contributed by atoms with Crippen LogP contribution in [0, 0.1) is 0 Å². The van der Waals surface area contributed by atoms with Gasteiger partial charge in [0.15, 0.2) is 0 Å². The van der Waals surface area contributed by atoms with E-state index in [1.807, 2.05) is 0 Å². The highest BCUT2D eigenvalue weighted by Gasteiger charge is 2.38. The molecule has 1 rings (SSSR count). The van der Waals surface area contributed by atoms with Crippen LogP contribution in [0.1, 0.15) is 6.92 Å². The maximum atomic E-state index is 12.3. The number of hydrogen-bond acceptors (Lipinski definition) is 3. The molecule has 0 aromatic rings. The van der Waals surface area contributed by atoms with Crippen LogP contribution in [0.2, 0.25) is 0 Å². The summed E-state index contributed by atoms with van der Waals surface area (Å²) in [6.45, 7) is 0.0968. The molecule has 1 unspecified atom stereocenters. The van der Waals surface area contributed by atoms with E-state index >= 15 is 0 Å². The number of urea groups is 1. The molecule has 1 atom stereocenters. The molecule has 110 valence electrons. The van der Waals surface area contributed by atoms with Crippen molar-refractivity contribution in [2.75, 3.05) is 31.1 Å². The third kappa shape index (κ3) is 4.48. The third-order valence-electron chi connectivity index (χ3n) is 2.68. The average Bonchev–Trinajstić information content (AvgIpc) is 2.34. The molecular weight excluding hydrogens is 285 g/mol. The molecule has 0 aliphatic carbocycles. The Labute approximate surface area is 112 Å². The summed E-state index contributed by atoms with van der Waals surface area (Å²) in [7, 11) is 0. The quantitative estimate of drug-likeness (QED) is 0.858. The number of hydrogen-bond donors (Lipinski definition) is 1. The zero-order valence-corrected chi connectivity index (χ0v) is 11.1. The van der Waals surface area contributed by atoms with Gasteiger partial charge in [0.1, 0.15) is 12.6 Å². The summed E-state index contributed by atoms with van der Waals surface area (Å²) in [5.41, 5.74) is 0. The van der Waals surface area contributed by atoms with E-state index in [0.717, 1.165) is 4.90 Å². The molecule has 0 aromatic carbocycles. The van der Waals surface area contributed by atoms with Crippen molar-refractivity contribution in [3.8, 4) is 0 Å². The van der Waals surface area contributed by atoms with Crippen molar-refractivity contribution in [3.63, 3.8) is 0 Å². The summed E-state index contributed by atoms with van der Waals surface area (Å²) in [6, 6.07) is -1.93. The van der Waals surface area contributed by atoms with Crippen molar-refractivity contribution in [1.29, 1.82) is 0 Å². The number of halogens is 3. The van der Waals surface area contributed by atoms with Gasteiger partial charge in [0, 0.05) is 24.6 Å². The number of amides is 2. The Hall–Kier alpha value is -1.12. The second-order valence-electron chi connectivity index (χ2n) is 4.03. The molecular formula is C10H15F3N2O3S. The molecule has 1 N–H and O–H groups in total. The van der Waals surface area contributed by atoms with Gasteiger partial charge in [-0.2, -0.15) is 24.9 Å². The summed E-state index contributed by atoms with van der Waals surface area (Å²) in [6.07, 6.45) is -4.49. The number of carboxylic acids is 1. The van der Waals surface area contributed by atoms with Crippen molar-refractivity contribution >= 4 is 23.8 Å². The second kappa shape index (κ2) is 6.36. The lowest BCUT2D eigenvalue weighted by molar-refractivity contribution is -0.144. The van der Waals surface area contributed by atoms with E-state index < -0.39 is 30.8 Å². The fourth-order valence-electron chi connectivity index (χ4n) is 1.75. The summed E-state index contributed by atoms with van der Waals surface area (Å²) in [5.74, 6) is -0.465. The highest BCUT2D eigenvalue weighted by atomic mass is 32.2. The van der Waals surface area contributed by atoms with Crippen LogP contribution in [-0.2, 0) is 4.79 Å². The standard InChI is InChI=1S/C10H15F3N2O3S/c1-2-14(6-10(11,12)13)9(18)15-3-4-19-5-7(15)8(16)17/h7H,2-6H2,1H3,(H,16,17). The lowest BCUT2D eigenvalue weighted by Crippen LogP contribution is -2.56. The van der Waals surface area contributed by atoms with Gasteiger partial charge >= 0.3 is 18.2 Å². The van der Waals surface area contributed by atoms with E-state index in [-0.39, 0.29) is 18.8 Å². The normalized spacial score (nSPS) is 20.2. The van der Waals surface area contributed by atoms with Gasteiger partial charge in [-0.25, -0.2) is 9.59 Å². The van der Waals surface area contributed by atoms with Gasteiger partial charge in [0.25, 0.3) is 0 Å². The molecule has 1 aliphatic rings. The lowest BCUT2D eigenvalue weighted by atomic mass is 10.3. The largest absolute Gasteiger partial charge is 0.480 e. The number of aliphatic carboxylic acids is 1. The number of carbonyl (C=O) groups is 2. The molecule has 0 radical (unpaired) electrons. The van der Waals surface area contributed by atoms with Gasteiger partial charge in [-0.3, -0.25) is 0 Å². The predicted molar refractivity (Wildman–Crippen MR) is 64.2 cm³/mol. The van der Waals surface area contributed by atoms with Crippen molar-refractivity contribution in [3.05, 3.63) is 0 Å². The molecule has 0 aromatic heterocycles. The fraction of sp³-hybridized carbons (Fsp3) is 0.800. The van der Waals surface area contributed by atoms with Crippen LogP contribution in [0.15, 0.2) is 0 Å². The SMILES string of the molecule is CCN(CC(F)(F)F)C(=O)N1CCSCC1C(=O)O. The van der Waals surface area contributed by atoms with Crippen LogP contribution in [0.5, 0.6) is 0 Å². The van der Waals surface area contributed by atoms with Gasteiger partial charge in [0.05, 0.1) is 0 Å². The number of rotatable bonds is 3. The smallest absolute Gasteiger partial charge is 0.406 e. The van der Waals surface area contributed by atoms with Crippen LogP contribution in [0.4, 0.5) is 18.0 Å². The van der Waals surface area contributed by atoms with Crippen LogP contribution in [0.25, 0.3) is 0 Å². The highest BCUT2D eigenvalue weighted by Crippen LogP contribution is 2.21. The van der Waals surface area contributed by atoms with E-state index in [1.54, 1.807) is 0 Å². The van der Waals surface area contributed by atoms with E-state index in [9.17, 15) is 22.8 Å². The number of alkyl halides is 3. The van der Waals surface area contributed by atoms with Gasteiger partial charge in [-0.05, 0) is 6.92 Å². The first-order valence-corrected chi connectivity index (χ1v) is 6.84. The highest BCUT2D eigenvalue weighted by molar-refractivity contribution is 7.99. The van der Waals surface area contributed by atoms with Gasteiger partial charge in [-0.15, -0.1) is 0 Å². The molecule has 0 bridgehead atoms. The molecule has 1 fully saturated rings. The van der Waals surface area contributed by atoms with Crippen LogP contribution in [0.3, 0.4) is 0 Å². The van der Waals surface area contributed by atoms with Crippen molar-refractivity contribution in [2.45, 2.75) is 19.1 Å². The Morgan fingerprint density at radius 1 is 1.47 bits per heavy atom. The van der Waals surface area contributed by atoms with E-state index in [1.165, 1.54) is 18.7 Å². The van der Waals surface area contributed by atoms with Crippen LogP contribution in [-0.4, -0.2) is 70.3 Å². The number of nitrogens with zero attached hydrogens (tertiary/aromatic N) is 2. The Kier molecular flexibility index (Phi) is 5.33. The van der Waals surface area contributed by atoms with E-state index in [4.69, 9.17) is 5.11 Å². The second-order valence-corrected chi connectivity index (χ2v) is 5.18.